The number of hydrogen-bond donors (Lipinski definition) is 1. The molecule has 0 unspecified atom stereocenters. The van der Waals surface area contributed by atoms with E-state index >= 15 is 0 Å². The fraction of sp³-hybridized carbons (Fsp3) is 0.800. The molecule has 2 aliphatic heterocycles. The smallest absolute Gasteiger partial charge is 0.309 e. The molecule has 0 radical (unpaired) electrons. The molecule has 0 amide bonds. The molecule has 2 heterocycles. The predicted octanol–water partition coefficient (Wildman–Crippen LogP) is 1.42. The molecule has 7 atom stereocenters. The Morgan fingerprint density at radius 3 is 2.95 bits per heavy atom. The maximum absolute atomic E-state index is 11.9. The summed E-state index contributed by atoms with van der Waals surface area (Å²) in [7, 11) is 0. The van der Waals surface area contributed by atoms with Crippen LogP contribution in [0.4, 0.5) is 0 Å². The van der Waals surface area contributed by atoms with Crippen LogP contribution >= 0.6 is 0 Å². The van der Waals surface area contributed by atoms with Crippen LogP contribution in [0.3, 0.4) is 0 Å². The second kappa shape index (κ2) is 3.23. The quantitative estimate of drug-likeness (QED) is 0.408. The number of esters is 1. The van der Waals surface area contributed by atoms with Gasteiger partial charge in [-0.25, -0.2) is 0 Å². The highest BCUT2D eigenvalue weighted by atomic mass is 16.6. The molecule has 2 aliphatic carbocycles. The molecule has 0 aromatic heterocycles. The minimum absolute atomic E-state index is 0.0221. The summed E-state index contributed by atoms with van der Waals surface area (Å²) in [6, 6.07) is 0. The predicted molar refractivity (Wildman–Crippen MR) is 67.2 cm³/mol. The zero-order valence-corrected chi connectivity index (χ0v) is 11.6. The minimum atomic E-state index is -0.573. The van der Waals surface area contributed by atoms with Gasteiger partial charge in [-0.3, -0.25) is 4.79 Å². The van der Waals surface area contributed by atoms with Crippen LogP contribution in [0.5, 0.6) is 0 Å². The van der Waals surface area contributed by atoms with Crippen LogP contribution in [0, 0.1) is 17.8 Å². The molecule has 4 nitrogen and oxygen atoms in total. The normalized spacial score (nSPS) is 58.6. The summed E-state index contributed by atoms with van der Waals surface area (Å²) in [6.45, 7) is 6.07. The number of epoxide rings is 1. The third-order valence-corrected chi connectivity index (χ3v) is 5.96. The van der Waals surface area contributed by atoms with E-state index in [2.05, 4.69) is 6.92 Å². The van der Waals surface area contributed by atoms with Crippen LogP contribution in [0.15, 0.2) is 11.6 Å². The van der Waals surface area contributed by atoms with Crippen LogP contribution in [-0.4, -0.2) is 34.5 Å². The molecular weight excluding hydrogens is 244 g/mol. The molecule has 1 N–H and O–H groups in total. The fourth-order valence-corrected chi connectivity index (χ4v) is 4.82. The summed E-state index contributed by atoms with van der Waals surface area (Å²) >= 11 is 0. The summed E-state index contributed by atoms with van der Waals surface area (Å²) in [6.07, 6.45) is 3.02. The first-order valence-corrected chi connectivity index (χ1v) is 7.18. The topological polar surface area (TPSA) is 59.1 Å². The molecule has 1 spiro atoms. The van der Waals surface area contributed by atoms with Crippen LogP contribution in [0.25, 0.3) is 0 Å². The van der Waals surface area contributed by atoms with E-state index in [9.17, 15) is 9.90 Å². The standard InChI is InChI=1S/C15H20O4/c1-7-6-10(16)15-11(7)12-9(8(2)13(17)18-12)4-5-14(15,3)19-15/h6,8-12,16H,4-5H2,1-3H3/t8-,9-,10-,11+,12-,14+,15-/m0/s1. The van der Waals surface area contributed by atoms with E-state index in [1.54, 1.807) is 0 Å². The number of aliphatic hydroxyl groups excluding tert-OH is 1. The molecule has 19 heavy (non-hydrogen) atoms. The maximum Gasteiger partial charge on any atom is 0.309 e. The number of aliphatic hydroxyl groups is 1. The van der Waals surface area contributed by atoms with Crippen LogP contribution in [0.2, 0.25) is 0 Å². The highest BCUT2D eigenvalue weighted by molar-refractivity contribution is 5.75. The molecule has 4 aliphatic rings. The lowest BCUT2D eigenvalue weighted by molar-refractivity contribution is -0.146. The molecule has 0 aromatic carbocycles. The van der Waals surface area contributed by atoms with Gasteiger partial charge in [-0.2, -0.15) is 0 Å². The van der Waals surface area contributed by atoms with Crippen molar-refractivity contribution >= 4 is 5.97 Å². The van der Waals surface area contributed by atoms with Gasteiger partial charge in [0.25, 0.3) is 0 Å². The Bertz CT molecular complexity index is 498. The van der Waals surface area contributed by atoms with Gasteiger partial charge in [0, 0.05) is 5.92 Å². The lowest BCUT2D eigenvalue weighted by Crippen LogP contribution is -2.43. The monoisotopic (exact) mass is 264 g/mol. The van der Waals surface area contributed by atoms with Gasteiger partial charge in [0.05, 0.1) is 17.4 Å². The Morgan fingerprint density at radius 1 is 1.47 bits per heavy atom. The third-order valence-electron chi connectivity index (χ3n) is 5.96. The molecule has 4 heteroatoms. The number of fused-ring (bicyclic) bond motifs is 2. The molecule has 0 bridgehead atoms. The van der Waals surface area contributed by atoms with E-state index < -0.39 is 11.7 Å². The van der Waals surface area contributed by atoms with Crippen molar-refractivity contribution < 1.29 is 19.4 Å². The molecule has 3 fully saturated rings. The molecule has 2 saturated heterocycles. The molecule has 1 saturated carbocycles. The average molecular weight is 264 g/mol. The van der Waals surface area contributed by atoms with Gasteiger partial charge in [-0.15, -0.1) is 0 Å². The van der Waals surface area contributed by atoms with Gasteiger partial charge in [0.1, 0.15) is 17.8 Å². The van der Waals surface area contributed by atoms with E-state index in [0.29, 0.717) is 0 Å². The first kappa shape index (κ1) is 11.9. The van der Waals surface area contributed by atoms with Crippen LogP contribution in [0.1, 0.15) is 33.6 Å². The third kappa shape index (κ3) is 1.16. The van der Waals surface area contributed by atoms with Gasteiger partial charge < -0.3 is 14.6 Å². The van der Waals surface area contributed by atoms with Crippen molar-refractivity contribution in [2.24, 2.45) is 17.8 Å². The second-order valence-electron chi connectivity index (χ2n) is 6.85. The van der Waals surface area contributed by atoms with E-state index in [-0.39, 0.29) is 35.4 Å². The zero-order chi connectivity index (χ0) is 13.6. The van der Waals surface area contributed by atoms with Gasteiger partial charge in [0.2, 0.25) is 0 Å². The minimum Gasteiger partial charge on any atom is -0.461 e. The summed E-state index contributed by atoms with van der Waals surface area (Å²) in [5.41, 5.74) is 0.304. The van der Waals surface area contributed by atoms with Crippen molar-refractivity contribution in [3.63, 3.8) is 0 Å². The summed E-state index contributed by atoms with van der Waals surface area (Å²) in [5, 5.41) is 10.4. The van der Waals surface area contributed by atoms with Crippen molar-refractivity contribution in [1.82, 2.24) is 0 Å². The maximum atomic E-state index is 11.9. The van der Waals surface area contributed by atoms with E-state index in [4.69, 9.17) is 9.47 Å². The molecule has 4 rings (SSSR count). The van der Waals surface area contributed by atoms with Crippen molar-refractivity contribution in [2.75, 3.05) is 0 Å². The van der Waals surface area contributed by atoms with Crippen LogP contribution in [-0.2, 0) is 14.3 Å². The summed E-state index contributed by atoms with van der Waals surface area (Å²) < 4.78 is 11.7. The van der Waals surface area contributed by atoms with Crippen molar-refractivity contribution in [2.45, 2.75) is 57.0 Å². The molecule has 104 valence electrons. The Kier molecular flexibility index (Phi) is 2.03. The van der Waals surface area contributed by atoms with Gasteiger partial charge in [-0.1, -0.05) is 18.6 Å². The van der Waals surface area contributed by atoms with Crippen LogP contribution < -0.4 is 0 Å². The molecule has 0 aromatic rings. The van der Waals surface area contributed by atoms with Crippen molar-refractivity contribution in [3.8, 4) is 0 Å². The first-order valence-electron chi connectivity index (χ1n) is 7.18. The van der Waals surface area contributed by atoms with Crippen molar-refractivity contribution in [1.29, 1.82) is 0 Å². The van der Waals surface area contributed by atoms with Crippen molar-refractivity contribution in [3.05, 3.63) is 11.6 Å². The Balaban J connectivity index is 1.81. The average Bonchev–Trinajstić information content (AvgIpc) is 2.77. The lowest BCUT2D eigenvalue weighted by atomic mass is 9.77. The van der Waals surface area contributed by atoms with Gasteiger partial charge in [-0.05, 0) is 26.7 Å². The Hall–Kier alpha value is -0.870. The highest BCUT2D eigenvalue weighted by Crippen LogP contribution is 2.67. The second-order valence-corrected chi connectivity index (χ2v) is 6.85. The largest absolute Gasteiger partial charge is 0.461 e. The summed E-state index contributed by atoms with van der Waals surface area (Å²) in [4.78, 5) is 11.9. The number of ether oxygens (including phenoxy) is 2. The van der Waals surface area contributed by atoms with E-state index in [0.717, 1.165) is 18.4 Å². The van der Waals surface area contributed by atoms with Gasteiger partial charge in [0.15, 0.2) is 0 Å². The Labute approximate surface area is 112 Å². The number of hydrogen-bond acceptors (Lipinski definition) is 4. The fourth-order valence-electron chi connectivity index (χ4n) is 4.82. The highest BCUT2D eigenvalue weighted by Gasteiger charge is 2.79. The first-order chi connectivity index (χ1) is 8.91. The Morgan fingerprint density at radius 2 is 2.21 bits per heavy atom. The SMILES string of the molecule is CC1=C[C@H](O)[C@@]23O[C@]2(C)CC[C@@H]2[C@H](OC(=O)[C@H]2C)[C@@H]13. The summed E-state index contributed by atoms with van der Waals surface area (Å²) in [5.74, 6) is 0.155. The van der Waals surface area contributed by atoms with E-state index in [1.807, 2.05) is 19.9 Å². The van der Waals surface area contributed by atoms with Gasteiger partial charge >= 0.3 is 5.97 Å². The number of carbonyl (C=O) groups is 1. The number of rotatable bonds is 0. The van der Waals surface area contributed by atoms with E-state index in [1.165, 1.54) is 0 Å². The number of carbonyl (C=O) groups excluding carboxylic acids is 1. The lowest BCUT2D eigenvalue weighted by Gasteiger charge is -2.28. The zero-order valence-electron chi connectivity index (χ0n) is 11.6. The molecular formula is C15H20O4.